The normalized spacial score (nSPS) is 14.8. The van der Waals surface area contributed by atoms with Crippen molar-refractivity contribution >= 4 is 17.3 Å². The van der Waals surface area contributed by atoms with E-state index in [1.807, 2.05) is 0 Å². The Balaban J connectivity index is 2.24. The van der Waals surface area contributed by atoms with Crippen LogP contribution in [0.2, 0.25) is 0 Å². The summed E-state index contributed by atoms with van der Waals surface area (Å²) in [6.45, 7) is 4.35. The Morgan fingerprint density at radius 1 is 1.50 bits per heavy atom. The first kappa shape index (κ1) is 14.0. The van der Waals surface area contributed by atoms with Crippen molar-refractivity contribution in [1.82, 2.24) is 0 Å². The molecule has 1 amide bonds. The number of anilines is 1. The van der Waals surface area contributed by atoms with Gasteiger partial charge < -0.3 is 15.8 Å². The summed E-state index contributed by atoms with van der Waals surface area (Å²) in [6.07, 6.45) is 1.85. The maximum absolute atomic E-state index is 11.3. The number of nitrogens with two attached hydrogens (primary N) is 1. The van der Waals surface area contributed by atoms with Crippen molar-refractivity contribution in [2.45, 2.75) is 6.42 Å². The second kappa shape index (κ2) is 6.16. The summed E-state index contributed by atoms with van der Waals surface area (Å²) in [4.78, 5) is 11.3. The second-order valence-corrected chi connectivity index (χ2v) is 4.46. The van der Waals surface area contributed by atoms with E-state index in [0.29, 0.717) is 47.9 Å². The fraction of sp³-hybridized carbons (Fsp3) is 0.200. The molecule has 0 bridgehead atoms. The summed E-state index contributed by atoms with van der Waals surface area (Å²) in [5.41, 5.74) is 8.98. The van der Waals surface area contributed by atoms with Crippen molar-refractivity contribution in [2.75, 3.05) is 18.5 Å². The monoisotopic (exact) mass is 271 g/mol. The predicted molar refractivity (Wildman–Crippen MR) is 78.7 cm³/mol. The van der Waals surface area contributed by atoms with E-state index in [4.69, 9.17) is 15.9 Å². The van der Waals surface area contributed by atoms with Gasteiger partial charge in [-0.05, 0) is 18.2 Å². The first-order valence-electron chi connectivity index (χ1n) is 6.30. The summed E-state index contributed by atoms with van der Waals surface area (Å²) in [7, 11) is 0. The fourth-order valence-electron chi connectivity index (χ4n) is 1.95. The van der Waals surface area contributed by atoms with E-state index in [-0.39, 0.29) is 5.91 Å². The number of amides is 1. The van der Waals surface area contributed by atoms with Crippen LogP contribution in [0.5, 0.6) is 0 Å². The second-order valence-electron chi connectivity index (χ2n) is 4.46. The summed E-state index contributed by atoms with van der Waals surface area (Å²) < 4.78 is 5.35. The summed E-state index contributed by atoms with van der Waals surface area (Å²) >= 11 is 0. The lowest BCUT2D eigenvalue weighted by atomic mass is 9.99. The zero-order chi connectivity index (χ0) is 14.5. The van der Waals surface area contributed by atoms with Crippen LogP contribution in [0.25, 0.3) is 0 Å². The molecule has 0 aromatic heterocycles. The van der Waals surface area contributed by atoms with Gasteiger partial charge in [-0.15, -0.1) is 0 Å². The summed E-state index contributed by atoms with van der Waals surface area (Å²) in [5, 5.41) is 10.9. The molecule has 2 rings (SSSR count). The van der Waals surface area contributed by atoms with E-state index in [1.54, 1.807) is 24.3 Å². The number of ether oxygens (including phenoxy) is 1. The van der Waals surface area contributed by atoms with E-state index in [9.17, 15) is 4.79 Å². The van der Waals surface area contributed by atoms with E-state index < -0.39 is 0 Å². The van der Waals surface area contributed by atoms with Gasteiger partial charge in [0.05, 0.1) is 18.9 Å². The molecule has 0 saturated carbocycles. The third kappa shape index (κ3) is 3.13. The zero-order valence-electron chi connectivity index (χ0n) is 11.1. The zero-order valence-corrected chi connectivity index (χ0v) is 11.1. The molecular formula is C15H17N3O2. The van der Waals surface area contributed by atoms with Crippen LogP contribution >= 0.6 is 0 Å². The molecule has 0 saturated heterocycles. The first-order chi connectivity index (χ1) is 9.61. The molecule has 104 valence electrons. The average molecular weight is 271 g/mol. The highest BCUT2D eigenvalue weighted by atomic mass is 16.5. The standard InChI is InChI=1S/C15H17N3O2/c1-2-14(19)18-11-5-3-4-10(8-11)15(17)12-9-20-7-6-13(12)16/h2-5,8,17H,1,6-7,9,16H2,(H,18,19). The molecule has 1 aliphatic heterocycles. The molecule has 1 aliphatic rings. The third-order valence-corrected chi connectivity index (χ3v) is 3.06. The smallest absolute Gasteiger partial charge is 0.247 e. The van der Waals surface area contributed by atoms with Crippen LogP contribution in [0.4, 0.5) is 5.69 Å². The molecule has 0 unspecified atom stereocenters. The third-order valence-electron chi connectivity index (χ3n) is 3.06. The Morgan fingerprint density at radius 3 is 3.00 bits per heavy atom. The van der Waals surface area contributed by atoms with Gasteiger partial charge in [-0.1, -0.05) is 18.7 Å². The number of hydrogen-bond donors (Lipinski definition) is 3. The molecule has 5 nitrogen and oxygen atoms in total. The molecule has 0 aliphatic carbocycles. The lowest BCUT2D eigenvalue weighted by molar-refractivity contribution is -0.111. The maximum atomic E-state index is 11.3. The van der Waals surface area contributed by atoms with E-state index in [1.165, 1.54) is 6.08 Å². The Bertz CT molecular complexity index is 591. The molecule has 0 atom stereocenters. The number of carbonyl (C=O) groups is 1. The summed E-state index contributed by atoms with van der Waals surface area (Å²) in [6, 6.07) is 7.08. The molecule has 0 spiro atoms. The van der Waals surface area contributed by atoms with Gasteiger partial charge in [-0.2, -0.15) is 0 Å². The van der Waals surface area contributed by atoms with Crippen molar-refractivity contribution < 1.29 is 9.53 Å². The van der Waals surface area contributed by atoms with E-state index in [2.05, 4.69) is 11.9 Å². The number of carbonyl (C=O) groups excluding carboxylic acids is 1. The fourth-order valence-corrected chi connectivity index (χ4v) is 1.95. The van der Waals surface area contributed by atoms with Crippen molar-refractivity contribution in [3.63, 3.8) is 0 Å². The van der Waals surface area contributed by atoms with Crippen molar-refractivity contribution in [2.24, 2.45) is 5.73 Å². The van der Waals surface area contributed by atoms with Crippen LogP contribution in [0.1, 0.15) is 12.0 Å². The minimum Gasteiger partial charge on any atom is -0.402 e. The highest BCUT2D eigenvalue weighted by Crippen LogP contribution is 2.19. The van der Waals surface area contributed by atoms with Crippen molar-refractivity contribution in [3.8, 4) is 0 Å². The molecule has 1 heterocycles. The largest absolute Gasteiger partial charge is 0.402 e. The maximum Gasteiger partial charge on any atom is 0.247 e. The Labute approximate surface area is 117 Å². The molecule has 4 N–H and O–H groups in total. The van der Waals surface area contributed by atoms with E-state index >= 15 is 0 Å². The van der Waals surface area contributed by atoms with Crippen LogP contribution in [0.3, 0.4) is 0 Å². The molecule has 0 radical (unpaired) electrons. The molecule has 1 aromatic carbocycles. The van der Waals surface area contributed by atoms with Crippen LogP contribution in [0.15, 0.2) is 48.2 Å². The molecule has 0 fully saturated rings. The Morgan fingerprint density at radius 2 is 2.30 bits per heavy atom. The Hall–Kier alpha value is -2.40. The number of rotatable bonds is 4. The van der Waals surface area contributed by atoms with Gasteiger partial charge in [0.2, 0.25) is 5.91 Å². The highest BCUT2D eigenvalue weighted by Gasteiger charge is 2.16. The van der Waals surface area contributed by atoms with Gasteiger partial charge >= 0.3 is 0 Å². The number of hydrogen-bond acceptors (Lipinski definition) is 4. The van der Waals surface area contributed by atoms with Crippen LogP contribution in [-0.4, -0.2) is 24.8 Å². The molecule has 5 heteroatoms. The first-order valence-corrected chi connectivity index (χ1v) is 6.30. The molecular weight excluding hydrogens is 254 g/mol. The van der Waals surface area contributed by atoms with Gasteiger partial charge in [0.1, 0.15) is 0 Å². The number of nitrogens with one attached hydrogen (secondary N) is 2. The predicted octanol–water partition coefficient (Wildman–Crippen LogP) is 1.81. The highest BCUT2D eigenvalue weighted by molar-refractivity contribution is 6.12. The lowest BCUT2D eigenvalue weighted by Crippen LogP contribution is -2.22. The molecule has 20 heavy (non-hydrogen) atoms. The van der Waals surface area contributed by atoms with Crippen molar-refractivity contribution in [3.05, 3.63) is 53.8 Å². The average Bonchev–Trinajstić information content (AvgIpc) is 2.47. The van der Waals surface area contributed by atoms with Crippen LogP contribution < -0.4 is 11.1 Å². The SMILES string of the molecule is C=CC(=O)Nc1cccc(C(=N)C2=C(N)CCOC2)c1. The van der Waals surface area contributed by atoms with Crippen LogP contribution in [-0.2, 0) is 9.53 Å². The minimum atomic E-state index is -0.284. The van der Waals surface area contributed by atoms with Crippen LogP contribution in [0, 0.1) is 5.41 Å². The van der Waals surface area contributed by atoms with E-state index in [0.717, 1.165) is 0 Å². The summed E-state index contributed by atoms with van der Waals surface area (Å²) in [5.74, 6) is -0.284. The lowest BCUT2D eigenvalue weighted by Gasteiger charge is -2.19. The van der Waals surface area contributed by atoms with Crippen molar-refractivity contribution in [1.29, 1.82) is 5.41 Å². The topological polar surface area (TPSA) is 88.2 Å². The van der Waals surface area contributed by atoms with Gasteiger partial charge in [0.25, 0.3) is 0 Å². The van der Waals surface area contributed by atoms with Gasteiger partial charge in [-0.3, -0.25) is 10.2 Å². The van der Waals surface area contributed by atoms with Gasteiger partial charge in [-0.25, -0.2) is 0 Å². The number of benzene rings is 1. The minimum absolute atomic E-state index is 0.284. The molecule has 1 aromatic rings. The van der Waals surface area contributed by atoms with Gasteiger partial charge in [0, 0.05) is 28.9 Å². The quantitative estimate of drug-likeness (QED) is 0.576. The Kier molecular flexibility index (Phi) is 4.32. The van der Waals surface area contributed by atoms with Gasteiger partial charge in [0.15, 0.2) is 0 Å².